The summed E-state index contributed by atoms with van der Waals surface area (Å²) < 4.78 is 26.4. The topological polar surface area (TPSA) is 31.4 Å². The average molecular weight is 398 g/mol. The van der Waals surface area contributed by atoms with Crippen LogP contribution in [-0.2, 0) is 0 Å². The van der Waals surface area contributed by atoms with Gasteiger partial charge in [-0.05, 0) is 48.6 Å². The summed E-state index contributed by atoms with van der Waals surface area (Å²) >= 11 is 0. The van der Waals surface area contributed by atoms with Gasteiger partial charge in [0.05, 0.1) is 18.7 Å². The van der Waals surface area contributed by atoms with Gasteiger partial charge in [-0.25, -0.2) is 9.37 Å². The van der Waals surface area contributed by atoms with Gasteiger partial charge in [-0.15, -0.1) is 0 Å². The minimum atomic E-state index is -0.293. The van der Waals surface area contributed by atoms with Gasteiger partial charge in [0, 0.05) is 16.8 Å². The highest BCUT2D eigenvalue weighted by atomic mass is 19.1. The number of rotatable bonds is 12. The van der Waals surface area contributed by atoms with Crippen molar-refractivity contribution < 1.29 is 13.9 Å². The molecule has 156 valence electrons. The second kappa shape index (κ2) is 11.0. The molecular formula is C25H32FNO2. The monoisotopic (exact) mass is 397 g/mol. The molecule has 0 aliphatic carbocycles. The lowest BCUT2D eigenvalue weighted by atomic mass is 10.0. The molecule has 3 aromatic rings. The number of pyridine rings is 1. The predicted molar refractivity (Wildman–Crippen MR) is 118 cm³/mol. The Kier molecular flexibility index (Phi) is 8.09. The van der Waals surface area contributed by atoms with Crippen LogP contribution in [0.5, 0.6) is 11.6 Å². The first kappa shape index (κ1) is 21.4. The average Bonchev–Trinajstić information content (AvgIpc) is 2.74. The molecule has 0 bridgehead atoms. The lowest BCUT2D eigenvalue weighted by Crippen LogP contribution is -2.00. The van der Waals surface area contributed by atoms with Crippen LogP contribution in [0.25, 0.3) is 21.7 Å². The summed E-state index contributed by atoms with van der Waals surface area (Å²) in [6.45, 7) is 5.56. The van der Waals surface area contributed by atoms with Crippen molar-refractivity contribution in [3.63, 3.8) is 0 Å². The van der Waals surface area contributed by atoms with Crippen LogP contribution in [0.15, 0.2) is 36.4 Å². The molecule has 3 nitrogen and oxygen atoms in total. The molecule has 0 aliphatic rings. The van der Waals surface area contributed by atoms with E-state index >= 15 is 0 Å². The van der Waals surface area contributed by atoms with Crippen LogP contribution >= 0.6 is 0 Å². The van der Waals surface area contributed by atoms with Crippen LogP contribution in [0.4, 0.5) is 4.39 Å². The van der Waals surface area contributed by atoms with Gasteiger partial charge in [0.1, 0.15) is 0 Å². The Balaban J connectivity index is 1.69. The number of hydrogen-bond acceptors (Lipinski definition) is 3. The van der Waals surface area contributed by atoms with Crippen molar-refractivity contribution in [1.82, 2.24) is 4.98 Å². The first-order valence-corrected chi connectivity index (χ1v) is 11.0. The number of ether oxygens (including phenoxy) is 2. The summed E-state index contributed by atoms with van der Waals surface area (Å²) in [5.41, 5.74) is 0.812. The Bertz CT molecular complexity index is 925. The summed E-state index contributed by atoms with van der Waals surface area (Å²) in [6, 6.07) is 11.1. The third-order valence-corrected chi connectivity index (χ3v) is 5.24. The van der Waals surface area contributed by atoms with Crippen LogP contribution in [0.1, 0.15) is 65.2 Å². The van der Waals surface area contributed by atoms with Gasteiger partial charge in [-0.2, -0.15) is 0 Å². The second-order valence-corrected chi connectivity index (χ2v) is 7.57. The lowest BCUT2D eigenvalue weighted by Gasteiger charge is -2.11. The maximum atomic E-state index is 15.0. The summed E-state index contributed by atoms with van der Waals surface area (Å²) in [5.74, 6) is 0.654. The van der Waals surface area contributed by atoms with E-state index in [4.69, 9.17) is 9.47 Å². The molecule has 0 unspecified atom stereocenters. The fourth-order valence-electron chi connectivity index (χ4n) is 3.52. The standard InChI is InChI=1S/C25H32FNO2/c1-3-5-7-8-9-10-18-28-23-15-12-19-20-13-16-24(29-17-6-4-2)27-22(20)14-11-21(19)25(23)26/h11-16H,3-10,17-18H2,1-2H3. The van der Waals surface area contributed by atoms with Crippen LogP contribution < -0.4 is 9.47 Å². The number of fused-ring (bicyclic) bond motifs is 3. The van der Waals surface area contributed by atoms with E-state index in [1.165, 1.54) is 25.7 Å². The number of benzene rings is 2. The van der Waals surface area contributed by atoms with Crippen molar-refractivity contribution in [3.8, 4) is 11.6 Å². The Morgan fingerprint density at radius 1 is 0.690 bits per heavy atom. The molecule has 29 heavy (non-hydrogen) atoms. The van der Waals surface area contributed by atoms with Crippen molar-refractivity contribution in [1.29, 1.82) is 0 Å². The SMILES string of the molecule is CCCCCCCCOc1ccc2c(ccc3nc(OCCCC)ccc32)c1F. The van der Waals surface area contributed by atoms with Crippen molar-refractivity contribution in [2.75, 3.05) is 13.2 Å². The van der Waals surface area contributed by atoms with Crippen LogP contribution in [0.2, 0.25) is 0 Å². The molecule has 3 rings (SSSR count). The van der Waals surface area contributed by atoms with E-state index in [9.17, 15) is 4.39 Å². The molecule has 0 radical (unpaired) electrons. The normalized spacial score (nSPS) is 11.3. The number of hydrogen-bond donors (Lipinski definition) is 0. The number of unbranched alkanes of at least 4 members (excludes halogenated alkanes) is 6. The minimum Gasteiger partial charge on any atom is -0.490 e. The summed E-state index contributed by atoms with van der Waals surface area (Å²) in [5, 5.41) is 2.34. The molecule has 0 saturated heterocycles. The zero-order valence-electron chi connectivity index (χ0n) is 17.7. The molecule has 4 heteroatoms. The van der Waals surface area contributed by atoms with E-state index in [1.54, 1.807) is 12.1 Å². The van der Waals surface area contributed by atoms with Gasteiger partial charge in [0.2, 0.25) is 5.88 Å². The zero-order valence-corrected chi connectivity index (χ0v) is 17.7. The van der Waals surface area contributed by atoms with Crippen molar-refractivity contribution >= 4 is 21.7 Å². The molecule has 0 spiro atoms. The van der Waals surface area contributed by atoms with E-state index in [0.717, 1.165) is 42.0 Å². The highest BCUT2D eigenvalue weighted by Crippen LogP contribution is 2.32. The molecule has 1 heterocycles. The zero-order chi connectivity index (χ0) is 20.5. The third-order valence-electron chi connectivity index (χ3n) is 5.24. The van der Waals surface area contributed by atoms with Gasteiger partial charge in [0.25, 0.3) is 0 Å². The van der Waals surface area contributed by atoms with Gasteiger partial charge in [0.15, 0.2) is 11.6 Å². The number of nitrogens with zero attached hydrogens (tertiary/aromatic N) is 1. The van der Waals surface area contributed by atoms with Crippen LogP contribution in [-0.4, -0.2) is 18.2 Å². The van der Waals surface area contributed by atoms with E-state index in [2.05, 4.69) is 18.8 Å². The highest BCUT2D eigenvalue weighted by molar-refractivity contribution is 6.06. The maximum Gasteiger partial charge on any atom is 0.213 e. The lowest BCUT2D eigenvalue weighted by molar-refractivity contribution is 0.291. The van der Waals surface area contributed by atoms with Crippen molar-refractivity contribution in [2.45, 2.75) is 65.2 Å². The fraction of sp³-hybridized carbons (Fsp3) is 0.480. The molecule has 0 amide bonds. The van der Waals surface area contributed by atoms with Gasteiger partial charge in [-0.1, -0.05) is 52.4 Å². The fourth-order valence-corrected chi connectivity index (χ4v) is 3.52. The molecule has 0 saturated carbocycles. The summed E-state index contributed by atoms with van der Waals surface area (Å²) in [4.78, 5) is 4.56. The molecule has 1 aromatic heterocycles. The van der Waals surface area contributed by atoms with Crippen LogP contribution in [0, 0.1) is 5.82 Å². The van der Waals surface area contributed by atoms with E-state index in [1.807, 2.05) is 24.3 Å². The molecular weight excluding hydrogens is 365 g/mol. The van der Waals surface area contributed by atoms with E-state index < -0.39 is 0 Å². The Labute approximate surface area is 173 Å². The number of halogens is 1. The van der Waals surface area contributed by atoms with E-state index in [-0.39, 0.29) is 5.82 Å². The summed E-state index contributed by atoms with van der Waals surface area (Å²) in [6.07, 6.45) is 9.21. The van der Waals surface area contributed by atoms with Gasteiger partial charge < -0.3 is 9.47 Å². The van der Waals surface area contributed by atoms with Gasteiger partial charge >= 0.3 is 0 Å². The molecule has 0 fully saturated rings. The Morgan fingerprint density at radius 3 is 2.21 bits per heavy atom. The van der Waals surface area contributed by atoms with Crippen molar-refractivity contribution in [2.24, 2.45) is 0 Å². The summed E-state index contributed by atoms with van der Waals surface area (Å²) in [7, 11) is 0. The minimum absolute atomic E-state index is 0.293. The quantitative estimate of drug-likeness (QED) is 0.235. The maximum absolute atomic E-state index is 15.0. The van der Waals surface area contributed by atoms with E-state index in [0.29, 0.717) is 30.2 Å². The first-order chi connectivity index (χ1) is 14.2. The first-order valence-electron chi connectivity index (χ1n) is 11.0. The second-order valence-electron chi connectivity index (χ2n) is 7.57. The third kappa shape index (κ3) is 5.59. The molecule has 0 N–H and O–H groups in total. The van der Waals surface area contributed by atoms with Gasteiger partial charge in [-0.3, -0.25) is 0 Å². The highest BCUT2D eigenvalue weighted by Gasteiger charge is 2.12. The number of aromatic nitrogens is 1. The molecule has 0 aliphatic heterocycles. The predicted octanol–water partition coefficient (Wildman–Crippen LogP) is 7.45. The molecule has 0 atom stereocenters. The van der Waals surface area contributed by atoms with Crippen molar-refractivity contribution in [3.05, 3.63) is 42.2 Å². The van der Waals surface area contributed by atoms with Crippen LogP contribution in [0.3, 0.4) is 0 Å². The Morgan fingerprint density at radius 2 is 1.38 bits per heavy atom. The largest absolute Gasteiger partial charge is 0.490 e. The Hall–Kier alpha value is -2.36. The molecule has 2 aromatic carbocycles. The smallest absolute Gasteiger partial charge is 0.213 e.